The third-order valence-electron chi connectivity index (χ3n) is 5.23. The highest BCUT2D eigenvalue weighted by molar-refractivity contribution is 5.29. The largest absolute Gasteiger partial charge is 0.299 e. The first-order valence-electron chi connectivity index (χ1n) is 9.86. The zero-order valence-corrected chi connectivity index (χ0v) is 16.3. The minimum atomic E-state index is 0.676. The van der Waals surface area contributed by atoms with E-state index in [9.17, 15) is 0 Å². The second-order valence-corrected chi connectivity index (χ2v) is 7.32. The van der Waals surface area contributed by atoms with Crippen LogP contribution in [0.2, 0.25) is 0 Å². The summed E-state index contributed by atoms with van der Waals surface area (Å²) in [5.74, 6) is 1.58. The molecule has 0 aliphatic heterocycles. The summed E-state index contributed by atoms with van der Waals surface area (Å²) in [5, 5.41) is 0. The van der Waals surface area contributed by atoms with Crippen molar-refractivity contribution < 1.29 is 0 Å². The number of hydrogen-bond donors (Lipinski definition) is 0. The number of hydrogen-bond acceptors (Lipinski definition) is 1. The van der Waals surface area contributed by atoms with E-state index in [1.54, 1.807) is 0 Å². The first-order chi connectivity index (χ1) is 11.1. The van der Waals surface area contributed by atoms with Crippen molar-refractivity contribution in [2.75, 3.05) is 19.6 Å². The van der Waals surface area contributed by atoms with Crippen LogP contribution in [0.15, 0.2) is 35.5 Å². The van der Waals surface area contributed by atoms with Gasteiger partial charge in [-0.25, -0.2) is 0 Å². The van der Waals surface area contributed by atoms with Gasteiger partial charge in [0.15, 0.2) is 0 Å². The Morgan fingerprint density at radius 1 is 1.09 bits per heavy atom. The monoisotopic (exact) mass is 317 g/mol. The van der Waals surface area contributed by atoms with Gasteiger partial charge >= 0.3 is 0 Å². The minimum Gasteiger partial charge on any atom is -0.299 e. The standard InChI is InChI=1S/C22H39N/c1-6-10-21(8-3)15-17-23(16-7-2)18-22-12-9-11-19(4)20(5)13-14-22/h9,12-14,19,21H,6-8,10-11,15-18H2,1-5H3. The van der Waals surface area contributed by atoms with Crippen molar-refractivity contribution in [1.82, 2.24) is 4.90 Å². The van der Waals surface area contributed by atoms with Gasteiger partial charge < -0.3 is 0 Å². The van der Waals surface area contributed by atoms with Crippen LogP contribution in [0, 0.1) is 11.8 Å². The molecule has 0 saturated carbocycles. The van der Waals surface area contributed by atoms with Gasteiger partial charge in [-0.15, -0.1) is 0 Å². The third kappa shape index (κ3) is 8.01. The zero-order valence-electron chi connectivity index (χ0n) is 16.3. The minimum absolute atomic E-state index is 0.676. The van der Waals surface area contributed by atoms with Crippen LogP contribution in [0.5, 0.6) is 0 Å². The van der Waals surface area contributed by atoms with Crippen molar-refractivity contribution in [2.24, 2.45) is 11.8 Å². The topological polar surface area (TPSA) is 3.24 Å². The molecule has 0 aromatic carbocycles. The van der Waals surface area contributed by atoms with Gasteiger partial charge in [0.2, 0.25) is 0 Å². The van der Waals surface area contributed by atoms with Crippen LogP contribution in [0.3, 0.4) is 0 Å². The van der Waals surface area contributed by atoms with Gasteiger partial charge in [-0.05, 0) is 56.7 Å². The highest BCUT2D eigenvalue weighted by atomic mass is 15.1. The van der Waals surface area contributed by atoms with Crippen molar-refractivity contribution in [3.8, 4) is 0 Å². The summed E-state index contributed by atoms with van der Waals surface area (Å²) in [6, 6.07) is 0. The predicted octanol–water partition coefficient (Wildman–Crippen LogP) is 6.38. The second kappa shape index (κ2) is 11.7. The normalized spacial score (nSPS) is 20.0. The van der Waals surface area contributed by atoms with E-state index in [1.807, 2.05) is 0 Å². The summed E-state index contributed by atoms with van der Waals surface area (Å²) in [5.41, 5.74) is 2.97. The smallest absolute Gasteiger partial charge is 0.0233 e. The van der Waals surface area contributed by atoms with Crippen LogP contribution in [0.25, 0.3) is 0 Å². The fourth-order valence-electron chi connectivity index (χ4n) is 3.34. The summed E-state index contributed by atoms with van der Waals surface area (Å²) in [7, 11) is 0. The van der Waals surface area contributed by atoms with Gasteiger partial charge in [-0.1, -0.05) is 76.8 Å². The molecule has 0 amide bonds. The fourth-order valence-corrected chi connectivity index (χ4v) is 3.34. The van der Waals surface area contributed by atoms with E-state index in [0.29, 0.717) is 5.92 Å². The van der Waals surface area contributed by atoms with Crippen molar-refractivity contribution >= 4 is 0 Å². The molecule has 1 nitrogen and oxygen atoms in total. The molecule has 1 heteroatoms. The van der Waals surface area contributed by atoms with Gasteiger partial charge in [0.1, 0.15) is 0 Å². The lowest BCUT2D eigenvalue weighted by Gasteiger charge is -2.25. The highest BCUT2D eigenvalue weighted by Gasteiger charge is 2.11. The summed E-state index contributed by atoms with van der Waals surface area (Å²) in [6.45, 7) is 15.1. The Morgan fingerprint density at radius 2 is 1.87 bits per heavy atom. The number of rotatable bonds is 10. The van der Waals surface area contributed by atoms with Crippen LogP contribution in [-0.4, -0.2) is 24.5 Å². The van der Waals surface area contributed by atoms with Crippen LogP contribution in [0.1, 0.15) is 73.1 Å². The molecular weight excluding hydrogens is 278 g/mol. The van der Waals surface area contributed by atoms with Crippen LogP contribution >= 0.6 is 0 Å². The molecule has 23 heavy (non-hydrogen) atoms. The Morgan fingerprint density at radius 3 is 2.52 bits per heavy atom. The first-order valence-corrected chi connectivity index (χ1v) is 9.86. The Labute approximate surface area is 145 Å². The van der Waals surface area contributed by atoms with Crippen LogP contribution < -0.4 is 0 Å². The van der Waals surface area contributed by atoms with Crippen molar-refractivity contribution in [3.05, 3.63) is 35.5 Å². The molecule has 1 aliphatic carbocycles. The van der Waals surface area contributed by atoms with E-state index in [0.717, 1.165) is 12.5 Å². The molecule has 0 bridgehead atoms. The SMILES string of the molecule is CCCC(CC)CCN(CCC)CC1=CC=C(C)C(C)CC=C1. The van der Waals surface area contributed by atoms with Crippen molar-refractivity contribution in [1.29, 1.82) is 0 Å². The fraction of sp³-hybridized carbons (Fsp3) is 0.727. The van der Waals surface area contributed by atoms with E-state index in [-0.39, 0.29) is 0 Å². The lowest BCUT2D eigenvalue weighted by molar-refractivity contribution is 0.263. The molecule has 132 valence electrons. The maximum atomic E-state index is 2.66. The Kier molecular flexibility index (Phi) is 10.3. The molecule has 2 atom stereocenters. The lowest BCUT2D eigenvalue weighted by Crippen LogP contribution is -2.29. The zero-order chi connectivity index (χ0) is 17.1. The highest BCUT2D eigenvalue weighted by Crippen LogP contribution is 2.20. The number of nitrogens with zero attached hydrogens (tertiary/aromatic N) is 1. The van der Waals surface area contributed by atoms with Gasteiger partial charge in [-0.2, -0.15) is 0 Å². The van der Waals surface area contributed by atoms with Gasteiger partial charge in [0.05, 0.1) is 0 Å². The summed E-state index contributed by atoms with van der Waals surface area (Å²) < 4.78 is 0. The summed E-state index contributed by atoms with van der Waals surface area (Å²) in [6.07, 6.45) is 17.2. The molecule has 0 fully saturated rings. The Balaban J connectivity index is 2.63. The molecule has 0 aromatic heterocycles. The predicted molar refractivity (Wildman–Crippen MR) is 105 cm³/mol. The molecule has 0 aromatic rings. The average molecular weight is 318 g/mol. The lowest BCUT2D eigenvalue weighted by atomic mass is 9.95. The molecule has 0 N–H and O–H groups in total. The quantitative estimate of drug-likeness (QED) is 0.451. The third-order valence-corrected chi connectivity index (χ3v) is 5.23. The molecular formula is C22H39N. The second-order valence-electron chi connectivity index (χ2n) is 7.32. The van der Waals surface area contributed by atoms with Crippen molar-refractivity contribution in [2.45, 2.75) is 73.1 Å². The average Bonchev–Trinajstić information content (AvgIpc) is 2.54. The summed E-state index contributed by atoms with van der Waals surface area (Å²) >= 11 is 0. The molecule has 1 aliphatic rings. The summed E-state index contributed by atoms with van der Waals surface area (Å²) in [4.78, 5) is 2.66. The van der Waals surface area contributed by atoms with E-state index in [4.69, 9.17) is 0 Å². The van der Waals surface area contributed by atoms with E-state index in [2.05, 4.69) is 63.8 Å². The molecule has 0 heterocycles. The Hall–Kier alpha value is -0.820. The first kappa shape index (κ1) is 20.2. The van der Waals surface area contributed by atoms with Crippen LogP contribution in [0.4, 0.5) is 0 Å². The molecule has 0 radical (unpaired) electrons. The van der Waals surface area contributed by atoms with Crippen molar-refractivity contribution in [3.63, 3.8) is 0 Å². The number of allylic oxidation sites excluding steroid dienone is 4. The van der Waals surface area contributed by atoms with Crippen LogP contribution in [-0.2, 0) is 0 Å². The van der Waals surface area contributed by atoms with Gasteiger partial charge in [-0.3, -0.25) is 4.90 Å². The molecule has 0 saturated heterocycles. The molecule has 0 spiro atoms. The molecule has 1 rings (SSSR count). The maximum absolute atomic E-state index is 2.66. The van der Waals surface area contributed by atoms with Gasteiger partial charge in [0, 0.05) is 6.54 Å². The van der Waals surface area contributed by atoms with E-state index < -0.39 is 0 Å². The van der Waals surface area contributed by atoms with E-state index >= 15 is 0 Å². The van der Waals surface area contributed by atoms with E-state index in [1.165, 1.54) is 62.8 Å². The molecule has 2 unspecified atom stereocenters. The van der Waals surface area contributed by atoms with Gasteiger partial charge in [0.25, 0.3) is 0 Å². The Bertz CT molecular complexity index is 402. The maximum Gasteiger partial charge on any atom is 0.0233 e.